The summed E-state index contributed by atoms with van der Waals surface area (Å²) in [4.78, 5) is 12.3. The van der Waals surface area contributed by atoms with Gasteiger partial charge in [-0.25, -0.2) is 0 Å². The Morgan fingerprint density at radius 3 is 2.55 bits per heavy atom. The quantitative estimate of drug-likeness (QED) is 0.779. The highest BCUT2D eigenvalue weighted by atomic mass is 79.9. The van der Waals surface area contributed by atoms with Gasteiger partial charge in [0.05, 0.1) is 0 Å². The minimum Gasteiger partial charge on any atom is -0.322 e. The second-order valence-electron chi connectivity index (χ2n) is 4.85. The first-order chi connectivity index (χ1) is 9.47. The lowest BCUT2D eigenvalue weighted by molar-refractivity contribution is 0.102. The van der Waals surface area contributed by atoms with Crippen molar-refractivity contribution in [1.82, 2.24) is 0 Å². The lowest BCUT2D eigenvalue weighted by atomic mass is 10.0. The van der Waals surface area contributed by atoms with Crippen molar-refractivity contribution in [1.29, 1.82) is 0 Å². The number of para-hydroxylation sites is 1. The Kier molecular flexibility index (Phi) is 4.84. The number of hydrogen-bond acceptors (Lipinski definition) is 1. The second kappa shape index (κ2) is 6.42. The highest BCUT2D eigenvalue weighted by molar-refractivity contribution is 9.10. The molecule has 104 valence electrons. The average Bonchev–Trinajstić information content (AvgIpc) is 2.37. The minimum absolute atomic E-state index is 0.165. The van der Waals surface area contributed by atoms with Gasteiger partial charge in [0, 0.05) is 20.7 Å². The first kappa shape index (κ1) is 15.1. The van der Waals surface area contributed by atoms with Gasteiger partial charge in [0.2, 0.25) is 0 Å². The van der Waals surface area contributed by atoms with E-state index >= 15 is 0 Å². The van der Waals surface area contributed by atoms with Crippen molar-refractivity contribution in [2.24, 2.45) is 0 Å². The fourth-order valence-corrected chi connectivity index (χ4v) is 2.85. The number of carbonyl (C=O) groups is 1. The summed E-state index contributed by atoms with van der Waals surface area (Å²) in [6, 6.07) is 13.0. The summed E-state index contributed by atoms with van der Waals surface area (Å²) in [5.74, 6) is 0.180. The van der Waals surface area contributed by atoms with E-state index in [1.807, 2.05) is 24.3 Å². The van der Waals surface area contributed by atoms with E-state index < -0.39 is 0 Å². The van der Waals surface area contributed by atoms with Crippen LogP contribution in [0.15, 0.2) is 46.9 Å². The van der Waals surface area contributed by atoms with Crippen LogP contribution in [0, 0.1) is 0 Å². The van der Waals surface area contributed by atoms with Crippen LogP contribution in [0.1, 0.15) is 35.7 Å². The Balaban J connectivity index is 2.28. The molecule has 0 saturated heterocycles. The maximum absolute atomic E-state index is 12.3. The van der Waals surface area contributed by atoms with Gasteiger partial charge in [-0.15, -0.1) is 0 Å². The van der Waals surface area contributed by atoms with Gasteiger partial charge < -0.3 is 5.32 Å². The zero-order valence-electron chi connectivity index (χ0n) is 11.3. The largest absolute Gasteiger partial charge is 0.322 e. The molecule has 0 aromatic heterocycles. The first-order valence-corrected chi connectivity index (χ1v) is 7.51. The van der Waals surface area contributed by atoms with E-state index in [4.69, 9.17) is 11.6 Å². The summed E-state index contributed by atoms with van der Waals surface area (Å²) in [6.45, 7) is 4.20. The number of hydrogen-bond donors (Lipinski definition) is 1. The van der Waals surface area contributed by atoms with Gasteiger partial charge in [0.15, 0.2) is 0 Å². The molecule has 0 saturated carbocycles. The van der Waals surface area contributed by atoms with E-state index in [-0.39, 0.29) is 5.91 Å². The van der Waals surface area contributed by atoms with Crippen LogP contribution in [-0.2, 0) is 0 Å². The van der Waals surface area contributed by atoms with Crippen molar-refractivity contribution in [3.8, 4) is 0 Å². The minimum atomic E-state index is -0.165. The summed E-state index contributed by atoms with van der Waals surface area (Å²) in [6.07, 6.45) is 0. The zero-order chi connectivity index (χ0) is 14.7. The Morgan fingerprint density at radius 2 is 1.90 bits per heavy atom. The van der Waals surface area contributed by atoms with Gasteiger partial charge in [0.1, 0.15) is 0 Å². The number of anilines is 1. The molecule has 0 atom stereocenters. The highest BCUT2D eigenvalue weighted by Gasteiger charge is 2.11. The van der Waals surface area contributed by atoms with Crippen LogP contribution >= 0.6 is 27.5 Å². The van der Waals surface area contributed by atoms with E-state index in [0.29, 0.717) is 16.5 Å². The average molecular weight is 353 g/mol. The third-order valence-corrected chi connectivity index (χ3v) is 3.63. The Bertz CT molecular complexity index is 620. The number of amides is 1. The smallest absolute Gasteiger partial charge is 0.255 e. The zero-order valence-corrected chi connectivity index (χ0v) is 13.6. The third-order valence-electron chi connectivity index (χ3n) is 2.96. The molecule has 0 heterocycles. The highest BCUT2D eigenvalue weighted by Crippen LogP contribution is 2.25. The van der Waals surface area contributed by atoms with Gasteiger partial charge in [0.25, 0.3) is 5.91 Å². The van der Waals surface area contributed by atoms with E-state index in [0.717, 1.165) is 15.7 Å². The monoisotopic (exact) mass is 351 g/mol. The number of nitrogens with one attached hydrogen (secondary N) is 1. The maximum atomic E-state index is 12.3. The summed E-state index contributed by atoms with van der Waals surface area (Å²) in [5, 5.41) is 3.47. The molecule has 4 heteroatoms. The lowest BCUT2D eigenvalue weighted by Crippen LogP contribution is -2.13. The summed E-state index contributed by atoms with van der Waals surface area (Å²) in [7, 11) is 0. The van der Waals surface area contributed by atoms with Crippen molar-refractivity contribution >= 4 is 39.1 Å². The van der Waals surface area contributed by atoms with Crippen LogP contribution < -0.4 is 5.32 Å². The van der Waals surface area contributed by atoms with Crippen molar-refractivity contribution < 1.29 is 4.79 Å². The molecule has 0 fully saturated rings. The van der Waals surface area contributed by atoms with Gasteiger partial charge in [-0.3, -0.25) is 4.79 Å². The predicted molar refractivity (Wildman–Crippen MR) is 87.6 cm³/mol. The third kappa shape index (κ3) is 3.62. The van der Waals surface area contributed by atoms with Gasteiger partial charge in [-0.05, 0) is 35.7 Å². The molecule has 20 heavy (non-hydrogen) atoms. The molecule has 2 nitrogen and oxygen atoms in total. The molecular formula is C16H15BrClNO. The SMILES string of the molecule is CC(C)c1ccccc1NC(=O)c1cc(Cl)cc(Br)c1. The summed E-state index contributed by atoms with van der Waals surface area (Å²) in [5.41, 5.74) is 2.48. The van der Waals surface area contributed by atoms with Crippen molar-refractivity contribution in [2.75, 3.05) is 5.32 Å². The van der Waals surface area contributed by atoms with Crippen LogP contribution in [0.3, 0.4) is 0 Å². The van der Waals surface area contributed by atoms with Crippen LogP contribution in [0.25, 0.3) is 0 Å². The summed E-state index contributed by atoms with van der Waals surface area (Å²) >= 11 is 9.31. The molecule has 0 aliphatic rings. The van der Waals surface area contributed by atoms with Crippen molar-refractivity contribution in [3.63, 3.8) is 0 Å². The number of carbonyl (C=O) groups excluding carboxylic acids is 1. The predicted octanol–water partition coefficient (Wildman–Crippen LogP) is 5.48. The van der Waals surface area contributed by atoms with Gasteiger partial charge in [-0.2, -0.15) is 0 Å². The van der Waals surface area contributed by atoms with E-state index in [9.17, 15) is 4.79 Å². The summed E-state index contributed by atoms with van der Waals surface area (Å²) < 4.78 is 0.785. The topological polar surface area (TPSA) is 29.1 Å². The first-order valence-electron chi connectivity index (χ1n) is 6.33. The molecule has 2 rings (SSSR count). The van der Waals surface area contributed by atoms with Gasteiger partial charge >= 0.3 is 0 Å². The number of halogens is 2. The second-order valence-corrected chi connectivity index (χ2v) is 6.21. The Hall–Kier alpha value is -1.32. The lowest BCUT2D eigenvalue weighted by Gasteiger charge is -2.13. The Morgan fingerprint density at radius 1 is 1.20 bits per heavy atom. The van der Waals surface area contributed by atoms with Crippen LogP contribution in [-0.4, -0.2) is 5.91 Å². The molecule has 1 N–H and O–H groups in total. The molecule has 0 bridgehead atoms. The normalized spacial score (nSPS) is 10.7. The molecule has 0 aliphatic carbocycles. The van der Waals surface area contributed by atoms with Gasteiger partial charge in [-0.1, -0.05) is 59.6 Å². The van der Waals surface area contributed by atoms with E-state index in [1.165, 1.54) is 0 Å². The standard InChI is InChI=1S/C16H15BrClNO/c1-10(2)14-5-3-4-6-15(14)19-16(20)11-7-12(17)9-13(18)8-11/h3-10H,1-2H3,(H,19,20). The fraction of sp³-hybridized carbons (Fsp3) is 0.188. The number of rotatable bonds is 3. The fourth-order valence-electron chi connectivity index (χ4n) is 1.99. The molecule has 1 amide bonds. The van der Waals surface area contributed by atoms with Crippen molar-refractivity contribution in [3.05, 3.63) is 63.1 Å². The molecular weight excluding hydrogens is 338 g/mol. The Labute approximate surface area is 132 Å². The molecule has 0 aliphatic heterocycles. The molecule has 2 aromatic rings. The molecule has 0 unspecified atom stereocenters. The van der Waals surface area contributed by atoms with Crippen molar-refractivity contribution in [2.45, 2.75) is 19.8 Å². The molecule has 0 radical (unpaired) electrons. The maximum Gasteiger partial charge on any atom is 0.255 e. The van der Waals surface area contributed by atoms with Crippen LogP contribution in [0.4, 0.5) is 5.69 Å². The van der Waals surface area contributed by atoms with Crippen LogP contribution in [0.2, 0.25) is 5.02 Å². The van der Waals surface area contributed by atoms with E-state index in [1.54, 1.807) is 18.2 Å². The van der Waals surface area contributed by atoms with Crippen LogP contribution in [0.5, 0.6) is 0 Å². The van der Waals surface area contributed by atoms with E-state index in [2.05, 4.69) is 35.1 Å². The molecule has 0 spiro atoms. The molecule has 2 aromatic carbocycles. The number of benzene rings is 2.